The Morgan fingerprint density at radius 3 is 2.61 bits per heavy atom. The molecular weight excluding hydrogens is 300 g/mol. The van der Waals surface area contributed by atoms with Gasteiger partial charge in [0.05, 0.1) is 11.1 Å². The molecule has 0 aliphatic heterocycles. The van der Waals surface area contributed by atoms with E-state index in [0.29, 0.717) is 24.3 Å². The molecule has 0 unspecified atom stereocenters. The lowest BCUT2D eigenvalue weighted by molar-refractivity contribution is -0.137. The number of ketones is 1. The minimum Gasteiger partial charge on any atom is -0.493 e. The largest absolute Gasteiger partial charge is 0.493 e. The molecule has 0 saturated heterocycles. The summed E-state index contributed by atoms with van der Waals surface area (Å²) in [5.74, 6) is -0.241. The van der Waals surface area contributed by atoms with Crippen LogP contribution in [0.1, 0.15) is 36.5 Å². The topological polar surface area (TPSA) is 63.6 Å². The Hall–Kier alpha value is -1.36. The number of carbonyl (C=O) groups excluding carboxylic acids is 1. The van der Waals surface area contributed by atoms with E-state index >= 15 is 0 Å². The molecule has 1 aromatic carbocycles. The first-order chi connectivity index (χ1) is 8.54. The molecule has 98 valence electrons. The number of hydrogen-bond donors (Lipinski definition) is 1. The molecule has 0 radical (unpaired) electrons. The Kier molecular flexibility index (Phi) is 5.85. The van der Waals surface area contributed by atoms with E-state index in [1.165, 1.54) is 0 Å². The highest BCUT2D eigenvalue weighted by Crippen LogP contribution is 2.26. The van der Waals surface area contributed by atoms with Gasteiger partial charge in [-0.2, -0.15) is 0 Å². The first-order valence-corrected chi connectivity index (χ1v) is 6.51. The van der Waals surface area contributed by atoms with Gasteiger partial charge in [0.15, 0.2) is 5.78 Å². The molecule has 0 aliphatic rings. The van der Waals surface area contributed by atoms with Crippen molar-refractivity contribution in [1.29, 1.82) is 0 Å². The van der Waals surface area contributed by atoms with Crippen LogP contribution in [0.25, 0.3) is 0 Å². The van der Waals surface area contributed by atoms with Crippen LogP contribution in [0.15, 0.2) is 22.7 Å². The fraction of sp³-hybridized carbons (Fsp3) is 0.385. The van der Waals surface area contributed by atoms with Gasteiger partial charge >= 0.3 is 5.97 Å². The van der Waals surface area contributed by atoms with Gasteiger partial charge in [-0.05, 0) is 47.5 Å². The lowest BCUT2D eigenvalue weighted by Crippen LogP contribution is -2.02. The molecule has 0 aromatic heterocycles. The van der Waals surface area contributed by atoms with Crippen LogP contribution in [0.3, 0.4) is 0 Å². The smallest absolute Gasteiger partial charge is 0.303 e. The summed E-state index contributed by atoms with van der Waals surface area (Å²) in [5.41, 5.74) is 0.565. The van der Waals surface area contributed by atoms with Crippen molar-refractivity contribution in [2.24, 2.45) is 0 Å². The number of hydrogen-bond acceptors (Lipinski definition) is 3. The summed E-state index contributed by atoms with van der Waals surface area (Å²) in [4.78, 5) is 22.1. The molecule has 0 aliphatic carbocycles. The van der Waals surface area contributed by atoms with Gasteiger partial charge in [-0.3, -0.25) is 9.59 Å². The van der Waals surface area contributed by atoms with Crippen LogP contribution in [0.5, 0.6) is 5.75 Å². The number of Topliss-reactive ketones (excluding diaryl/α,β-unsaturated/α-hetero) is 1. The Balaban J connectivity index is 2.63. The van der Waals surface area contributed by atoms with E-state index in [9.17, 15) is 9.59 Å². The highest BCUT2D eigenvalue weighted by molar-refractivity contribution is 9.10. The van der Waals surface area contributed by atoms with Crippen molar-refractivity contribution in [2.45, 2.75) is 26.2 Å². The van der Waals surface area contributed by atoms with Crippen molar-refractivity contribution in [2.75, 3.05) is 6.61 Å². The van der Waals surface area contributed by atoms with Gasteiger partial charge in [-0.25, -0.2) is 0 Å². The molecule has 0 spiro atoms. The summed E-state index contributed by atoms with van der Waals surface area (Å²) in [6.45, 7) is 2.45. The summed E-state index contributed by atoms with van der Waals surface area (Å²) in [7, 11) is 0. The van der Waals surface area contributed by atoms with Gasteiger partial charge < -0.3 is 9.84 Å². The van der Waals surface area contributed by atoms with Crippen molar-refractivity contribution in [3.8, 4) is 5.75 Å². The molecule has 0 fully saturated rings. The maximum atomic E-state index is 11.8. The van der Waals surface area contributed by atoms with Crippen LogP contribution >= 0.6 is 15.9 Å². The third kappa shape index (κ3) is 4.49. The maximum Gasteiger partial charge on any atom is 0.303 e. The quantitative estimate of drug-likeness (QED) is 0.784. The van der Waals surface area contributed by atoms with Crippen LogP contribution in [0, 0.1) is 0 Å². The van der Waals surface area contributed by atoms with Crippen LogP contribution in [-0.4, -0.2) is 23.5 Å². The fourth-order valence-electron chi connectivity index (χ4n) is 1.49. The zero-order valence-corrected chi connectivity index (χ0v) is 11.7. The molecule has 0 bridgehead atoms. The molecular formula is C13H15BrO4. The molecule has 5 heteroatoms. The van der Waals surface area contributed by atoms with Crippen LogP contribution in [0.2, 0.25) is 0 Å². The van der Waals surface area contributed by atoms with Gasteiger partial charge in [-0.15, -0.1) is 0 Å². The summed E-state index contributed by atoms with van der Waals surface area (Å²) in [6, 6.07) is 5.13. The zero-order valence-electron chi connectivity index (χ0n) is 10.1. The minimum absolute atomic E-state index is 0.0178. The number of carboxylic acids is 1. The van der Waals surface area contributed by atoms with Crippen molar-refractivity contribution in [3.05, 3.63) is 28.2 Å². The molecule has 1 N–H and O–H groups in total. The Labute approximate surface area is 114 Å². The van der Waals surface area contributed by atoms with Gasteiger partial charge in [0.1, 0.15) is 5.75 Å². The van der Waals surface area contributed by atoms with Crippen molar-refractivity contribution < 1.29 is 19.4 Å². The Morgan fingerprint density at radius 2 is 2.06 bits per heavy atom. The van der Waals surface area contributed by atoms with Crippen LogP contribution in [0.4, 0.5) is 0 Å². The van der Waals surface area contributed by atoms with Gasteiger partial charge in [0.25, 0.3) is 0 Å². The molecule has 0 saturated carbocycles. The van der Waals surface area contributed by atoms with Gasteiger partial charge in [0.2, 0.25) is 0 Å². The van der Waals surface area contributed by atoms with E-state index in [-0.39, 0.29) is 18.6 Å². The number of benzene rings is 1. The second-order valence-electron chi connectivity index (χ2n) is 3.75. The number of aliphatic carboxylic acids is 1. The average molecular weight is 315 g/mol. The maximum absolute atomic E-state index is 11.8. The fourth-order valence-corrected chi connectivity index (χ4v) is 1.98. The highest BCUT2D eigenvalue weighted by atomic mass is 79.9. The normalized spacial score (nSPS) is 10.1. The second kappa shape index (κ2) is 7.16. The van der Waals surface area contributed by atoms with Crippen molar-refractivity contribution in [1.82, 2.24) is 0 Å². The highest BCUT2D eigenvalue weighted by Gasteiger charge is 2.10. The second-order valence-corrected chi connectivity index (χ2v) is 4.60. The predicted octanol–water partition coefficient (Wildman–Crippen LogP) is 3.29. The minimum atomic E-state index is -0.879. The summed E-state index contributed by atoms with van der Waals surface area (Å²) in [5, 5.41) is 8.50. The molecule has 0 atom stereocenters. The first-order valence-electron chi connectivity index (χ1n) is 5.72. The third-order valence-corrected chi connectivity index (χ3v) is 2.97. The number of carboxylic acid groups (broad SMARTS) is 1. The molecule has 4 nitrogen and oxygen atoms in total. The first kappa shape index (κ1) is 14.7. The standard InChI is InChI=1S/C13H15BrO4/c1-2-18-12-7-6-9(8-10(12)14)11(15)4-3-5-13(16)17/h6-8H,2-5H2,1H3,(H,16,17). The summed E-state index contributed by atoms with van der Waals surface area (Å²) < 4.78 is 6.08. The Bertz CT molecular complexity index is 443. The lowest BCUT2D eigenvalue weighted by Gasteiger charge is -2.07. The SMILES string of the molecule is CCOc1ccc(C(=O)CCCC(=O)O)cc1Br. The van der Waals surface area contributed by atoms with Crippen molar-refractivity contribution in [3.63, 3.8) is 0 Å². The van der Waals surface area contributed by atoms with E-state index in [4.69, 9.17) is 9.84 Å². The van der Waals surface area contributed by atoms with E-state index in [1.807, 2.05) is 6.92 Å². The average Bonchev–Trinajstić information content (AvgIpc) is 2.31. The summed E-state index contributed by atoms with van der Waals surface area (Å²) in [6.07, 6.45) is 0.621. The summed E-state index contributed by atoms with van der Waals surface area (Å²) >= 11 is 3.34. The number of halogens is 1. The number of carbonyl (C=O) groups is 2. The zero-order chi connectivity index (χ0) is 13.5. The molecule has 0 amide bonds. The number of ether oxygens (including phenoxy) is 1. The van der Waals surface area contributed by atoms with E-state index in [2.05, 4.69) is 15.9 Å². The van der Waals surface area contributed by atoms with E-state index in [1.54, 1.807) is 18.2 Å². The predicted molar refractivity (Wildman–Crippen MR) is 71.1 cm³/mol. The van der Waals surface area contributed by atoms with E-state index < -0.39 is 5.97 Å². The van der Waals surface area contributed by atoms with Crippen LogP contribution < -0.4 is 4.74 Å². The van der Waals surface area contributed by atoms with Crippen molar-refractivity contribution >= 4 is 27.7 Å². The molecule has 0 heterocycles. The van der Waals surface area contributed by atoms with Crippen LogP contribution in [-0.2, 0) is 4.79 Å². The monoisotopic (exact) mass is 314 g/mol. The van der Waals surface area contributed by atoms with Gasteiger partial charge in [-0.1, -0.05) is 0 Å². The van der Waals surface area contributed by atoms with E-state index in [0.717, 1.165) is 4.47 Å². The molecule has 1 rings (SSSR count). The Morgan fingerprint density at radius 1 is 1.33 bits per heavy atom. The third-order valence-electron chi connectivity index (χ3n) is 2.35. The lowest BCUT2D eigenvalue weighted by atomic mass is 10.1. The molecule has 1 aromatic rings. The van der Waals surface area contributed by atoms with Gasteiger partial charge in [0, 0.05) is 18.4 Å². The number of rotatable bonds is 7. The molecule has 18 heavy (non-hydrogen) atoms.